The van der Waals surface area contributed by atoms with E-state index in [1.165, 1.54) is 0 Å². The lowest BCUT2D eigenvalue weighted by atomic mass is 12.0. The summed E-state index contributed by atoms with van der Waals surface area (Å²) in [5.74, 6) is 0. The van der Waals surface area contributed by atoms with Crippen LogP contribution in [-0.2, 0) is 0 Å². The molecular formula is CS14. The molecule has 1 saturated heterocycles. The zero-order valence-corrected chi connectivity index (χ0v) is 17.6. The van der Waals surface area contributed by atoms with Crippen LogP contribution in [0.5, 0.6) is 0 Å². The zero-order chi connectivity index (χ0) is 11.2. The summed E-state index contributed by atoms with van der Waals surface area (Å²) in [6.07, 6.45) is 0. The summed E-state index contributed by atoms with van der Waals surface area (Å²) >= 11 is 7.92. The SMILES string of the molecule is S1SSSSSSSSSSS1.S=C=S. The summed E-state index contributed by atoms with van der Waals surface area (Å²) in [5, 5.41) is 0. The highest BCUT2D eigenvalue weighted by Crippen LogP contribution is 2.66. The maximum absolute atomic E-state index is 3.96. The van der Waals surface area contributed by atoms with E-state index >= 15 is 0 Å². The first kappa shape index (κ1) is 19.4. The highest BCUT2D eigenvalue weighted by molar-refractivity contribution is 9.60. The Morgan fingerprint density at radius 3 is 0.533 bits per heavy atom. The molecular weight excluding hydrogens is 461 g/mol. The molecule has 0 aromatic rings. The molecule has 0 amide bonds. The topological polar surface area (TPSA) is 0 Å². The summed E-state index contributed by atoms with van der Waals surface area (Å²) in [7, 11) is 22.0. The van der Waals surface area contributed by atoms with Crippen molar-refractivity contribution in [1.29, 1.82) is 0 Å². The molecule has 0 saturated carbocycles. The van der Waals surface area contributed by atoms with Crippen molar-refractivity contribution >= 4 is 147 Å². The third-order valence-electron chi connectivity index (χ3n) is 0.333. The number of rotatable bonds is 0. The molecule has 88 valence electrons. The summed E-state index contributed by atoms with van der Waals surface area (Å²) < 4.78 is 1.92. The van der Waals surface area contributed by atoms with Crippen molar-refractivity contribution in [3.8, 4) is 0 Å². The van der Waals surface area contributed by atoms with E-state index in [0.29, 0.717) is 0 Å². The molecule has 0 bridgehead atoms. The zero-order valence-electron chi connectivity index (χ0n) is 6.22. The fourth-order valence-corrected chi connectivity index (χ4v) is 33.1. The average Bonchev–Trinajstić information content (AvgIpc) is 2.19. The Hall–Kier alpha value is 4.42. The van der Waals surface area contributed by atoms with Crippen molar-refractivity contribution in [3.63, 3.8) is 0 Å². The van der Waals surface area contributed by atoms with Gasteiger partial charge in [0.2, 0.25) is 0 Å². The van der Waals surface area contributed by atoms with E-state index in [1.807, 2.05) is 122 Å². The first-order valence-corrected chi connectivity index (χ1v) is 19.2. The summed E-state index contributed by atoms with van der Waals surface area (Å²) in [6.45, 7) is 0. The Bertz CT molecular complexity index is 102. The van der Waals surface area contributed by atoms with Gasteiger partial charge < -0.3 is 0 Å². The van der Waals surface area contributed by atoms with Gasteiger partial charge in [-0.05, 0) is 24.4 Å². The van der Waals surface area contributed by atoms with E-state index in [9.17, 15) is 0 Å². The monoisotopic (exact) mass is 460 g/mol. The predicted octanol–water partition coefficient (Wildman–Crippen LogP) is 8.80. The van der Waals surface area contributed by atoms with Crippen molar-refractivity contribution in [2.75, 3.05) is 0 Å². The second-order valence-electron chi connectivity index (χ2n) is 0.900. The van der Waals surface area contributed by atoms with Crippen LogP contribution in [0.1, 0.15) is 0 Å². The molecule has 1 aliphatic heterocycles. The van der Waals surface area contributed by atoms with Gasteiger partial charge in [0.25, 0.3) is 0 Å². The Morgan fingerprint density at radius 1 is 0.400 bits per heavy atom. The lowest BCUT2D eigenvalue weighted by Gasteiger charge is -2.00. The highest BCUT2D eigenvalue weighted by atomic mass is 34.1. The molecule has 14 heteroatoms. The summed E-state index contributed by atoms with van der Waals surface area (Å²) in [6, 6.07) is 0. The quantitative estimate of drug-likeness (QED) is 0.249. The lowest BCUT2D eigenvalue weighted by Crippen LogP contribution is -1.35. The third-order valence-corrected chi connectivity index (χ3v) is 27.0. The molecule has 15 heavy (non-hydrogen) atoms. The molecule has 0 aromatic heterocycles. The Morgan fingerprint density at radius 2 is 0.467 bits per heavy atom. The molecule has 1 rings (SSSR count). The summed E-state index contributed by atoms with van der Waals surface area (Å²) in [5.41, 5.74) is 0. The fraction of sp³-hybridized carbons (Fsp3) is 0. The fourth-order valence-electron chi connectivity index (χ4n) is 0.136. The van der Waals surface area contributed by atoms with Gasteiger partial charge in [0.1, 0.15) is 0 Å². The van der Waals surface area contributed by atoms with E-state index in [2.05, 4.69) is 24.4 Å². The van der Waals surface area contributed by atoms with Crippen LogP contribution < -0.4 is 0 Å². The molecule has 0 aliphatic carbocycles. The van der Waals surface area contributed by atoms with Crippen LogP contribution in [-0.4, -0.2) is 4.31 Å². The third kappa shape index (κ3) is 18.4. The van der Waals surface area contributed by atoms with E-state index < -0.39 is 0 Å². The van der Waals surface area contributed by atoms with E-state index in [1.54, 1.807) is 0 Å². The van der Waals surface area contributed by atoms with E-state index in [0.717, 1.165) is 0 Å². The van der Waals surface area contributed by atoms with Crippen LogP contribution in [0.4, 0.5) is 0 Å². The van der Waals surface area contributed by atoms with Crippen molar-refractivity contribution in [2.45, 2.75) is 0 Å². The highest BCUT2D eigenvalue weighted by Gasteiger charge is 2.01. The average molecular weight is 461 g/mol. The van der Waals surface area contributed by atoms with Gasteiger partial charge in [-0.3, -0.25) is 0 Å². The first-order valence-electron chi connectivity index (χ1n) is 2.41. The normalized spacial score (nSPS) is 19.7. The molecule has 0 spiro atoms. The first-order chi connectivity index (χ1) is 7.41. The number of hydrogen-bond donors (Lipinski definition) is 0. The second-order valence-corrected chi connectivity index (χ2v) is 22.8. The lowest BCUT2D eigenvalue weighted by molar-refractivity contribution is 4.67. The van der Waals surface area contributed by atoms with Crippen LogP contribution in [0, 0.1) is 0 Å². The van der Waals surface area contributed by atoms with Gasteiger partial charge in [0.05, 0.1) is 0 Å². The van der Waals surface area contributed by atoms with Crippen LogP contribution in [0.2, 0.25) is 0 Å². The van der Waals surface area contributed by atoms with Gasteiger partial charge in [0, 0.05) is 122 Å². The van der Waals surface area contributed by atoms with Crippen LogP contribution in [0.25, 0.3) is 0 Å². The van der Waals surface area contributed by atoms with E-state index in [-0.39, 0.29) is 0 Å². The largest absolute Gasteiger partial charge is 0.0297 e. The van der Waals surface area contributed by atoms with E-state index in [4.69, 9.17) is 0 Å². The maximum Gasteiger partial charge on any atom is 0.0297 e. The maximum atomic E-state index is 3.96. The molecule has 0 unspecified atom stereocenters. The molecule has 0 N–H and O–H groups in total. The van der Waals surface area contributed by atoms with Gasteiger partial charge in [-0.25, -0.2) is 0 Å². The molecule has 0 aromatic carbocycles. The van der Waals surface area contributed by atoms with Crippen molar-refractivity contribution in [3.05, 3.63) is 0 Å². The Kier molecular flexibility index (Phi) is 23.8. The standard InChI is InChI=1S/CS2.S12/c2-1-3;1-2-4-6-8-10-12-11-9-7-5-3-1. The van der Waals surface area contributed by atoms with Gasteiger partial charge in [0.15, 0.2) is 0 Å². The molecule has 0 atom stereocenters. The van der Waals surface area contributed by atoms with Crippen LogP contribution in [0.15, 0.2) is 0 Å². The minimum Gasteiger partial charge on any atom is -0.0148 e. The number of hydrogen-bond acceptors (Lipinski definition) is 14. The van der Waals surface area contributed by atoms with Crippen molar-refractivity contribution in [2.24, 2.45) is 0 Å². The Labute approximate surface area is 144 Å². The molecule has 0 radical (unpaired) electrons. The molecule has 0 nitrogen and oxygen atoms in total. The minimum atomic E-state index is 1.83. The molecule has 1 heterocycles. The number of thiocarbonyl (C=S) groups is 2. The minimum absolute atomic E-state index is 1.83. The molecule has 1 fully saturated rings. The smallest absolute Gasteiger partial charge is 0.0148 e. The summed E-state index contributed by atoms with van der Waals surface area (Å²) in [4.78, 5) is 0. The predicted molar refractivity (Wildman–Crippen MR) is 111 cm³/mol. The van der Waals surface area contributed by atoms with Gasteiger partial charge >= 0.3 is 0 Å². The second kappa shape index (κ2) is 18.4. The van der Waals surface area contributed by atoms with Crippen molar-refractivity contribution in [1.82, 2.24) is 0 Å². The van der Waals surface area contributed by atoms with Gasteiger partial charge in [-0.2, -0.15) is 0 Å². The van der Waals surface area contributed by atoms with Gasteiger partial charge in [-0.1, -0.05) is 0 Å². The van der Waals surface area contributed by atoms with Gasteiger partial charge in [-0.15, -0.1) is 0 Å². The van der Waals surface area contributed by atoms with Crippen LogP contribution >= 0.6 is 142 Å². The molecule has 1 aliphatic rings. The van der Waals surface area contributed by atoms with Crippen LogP contribution in [0.3, 0.4) is 0 Å². The Balaban J connectivity index is 0.000000583. The van der Waals surface area contributed by atoms with Crippen molar-refractivity contribution < 1.29 is 0 Å².